The second-order valence-electron chi connectivity index (χ2n) is 5.15. The van der Waals surface area contributed by atoms with Gasteiger partial charge in [0.2, 0.25) is 5.91 Å². The number of fused-ring (bicyclic) bond motifs is 3. The lowest BCUT2D eigenvalue weighted by molar-refractivity contribution is -0.119. The van der Waals surface area contributed by atoms with E-state index in [9.17, 15) is 4.79 Å². The third kappa shape index (κ3) is 1.38. The lowest BCUT2D eigenvalue weighted by atomic mass is 9.89. The van der Waals surface area contributed by atoms with Gasteiger partial charge in [0, 0.05) is 13.6 Å². The molecule has 1 N–H and O–H groups in total. The van der Waals surface area contributed by atoms with Crippen molar-refractivity contribution >= 4 is 17.4 Å². The number of aryl methyl sites for hydroxylation is 2. The maximum Gasteiger partial charge on any atom is 0.247 e. The van der Waals surface area contributed by atoms with Crippen molar-refractivity contribution in [1.82, 2.24) is 9.78 Å². The number of carbonyl (C=O) groups is 1. The third-order valence-electron chi connectivity index (χ3n) is 3.91. The Bertz CT molecular complexity index is 479. The number of carbonyl (C=O) groups excluding carboxylic acids is 1. The first-order valence-corrected chi connectivity index (χ1v) is 6.20. The van der Waals surface area contributed by atoms with Gasteiger partial charge in [-0.1, -0.05) is 6.92 Å². The Morgan fingerprint density at radius 2 is 2.24 bits per heavy atom. The molecule has 0 bridgehead atoms. The average molecular weight is 234 g/mol. The minimum absolute atomic E-state index is 0.0222. The van der Waals surface area contributed by atoms with Crippen LogP contribution in [-0.2, 0) is 11.8 Å². The smallest absolute Gasteiger partial charge is 0.247 e. The largest absolute Gasteiger partial charge is 0.343 e. The molecule has 5 heteroatoms. The fraction of sp³-hybridized carbons (Fsp3) is 0.667. The molecule has 3 rings (SSSR count). The number of nitrogens with one attached hydrogen (secondary N) is 1. The summed E-state index contributed by atoms with van der Waals surface area (Å²) in [5.41, 5.74) is 1.79. The molecule has 0 aromatic carbocycles. The highest BCUT2D eigenvalue weighted by molar-refractivity contribution is 6.03. The normalized spacial score (nSPS) is 27.5. The van der Waals surface area contributed by atoms with E-state index in [1.165, 1.54) is 0 Å². The summed E-state index contributed by atoms with van der Waals surface area (Å²) in [4.78, 5) is 14.4. The lowest BCUT2D eigenvalue weighted by Gasteiger charge is -2.43. The van der Waals surface area contributed by atoms with Gasteiger partial charge in [0.25, 0.3) is 0 Å². The molecule has 2 unspecified atom stereocenters. The topological polar surface area (TPSA) is 50.2 Å². The maximum atomic E-state index is 12.2. The van der Waals surface area contributed by atoms with Gasteiger partial charge < -0.3 is 10.2 Å². The summed E-state index contributed by atoms with van der Waals surface area (Å²) >= 11 is 0. The first-order chi connectivity index (χ1) is 8.09. The molecule has 1 aromatic rings. The van der Waals surface area contributed by atoms with Crippen molar-refractivity contribution < 1.29 is 4.79 Å². The van der Waals surface area contributed by atoms with Gasteiger partial charge >= 0.3 is 0 Å². The molecule has 0 spiro atoms. The zero-order valence-corrected chi connectivity index (χ0v) is 10.5. The standard InChI is InChI=1S/C12H18N4O/c1-7-5-4-6-16-10(7)11(17)13-9-8(2)14-15(3)12(9)16/h7,10H,4-6H2,1-3H3,(H,13,17). The zero-order valence-electron chi connectivity index (χ0n) is 10.5. The third-order valence-corrected chi connectivity index (χ3v) is 3.91. The van der Waals surface area contributed by atoms with E-state index in [4.69, 9.17) is 0 Å². The van der Waals surface area contributed by atoms with Gasteiger partial charge in [-0.2, -0.15) is 5.10 Å². The van der Waals surface area contributed by atoms with Crippen LogP contribution in [-0.4, -0.2) is 28.3 Å². The Hall–Kier alpha value is -1.52. The van der Waals surface area contributed by atoms with Gasteiger partial charge in [0.05, 0.1) is 5.69 Å². The van der Waals surface area contributed by atoms with Gasteiger partial charge in [-0.15, -0.1) is 0 Å². The second kappa shape index (κ2) is 3.48. The van der Waals surface area contributed by atoms with Crippen LogP contribution in [0, 0.1) is 12.8 Å². The fourth-order valence-electron chi connectivity index (χ4n) is 3.14. The van der Waals surface area contributed by atoms with E-state index in [0.29, 0.717) is 5.92 Å². The number of piperidine rings is 1. The minimum atomic E-state index is -0.0222. The van der Waals surface area contributed by atoms with E-state index in [-0.39, 0.29) is 11.9 Å². The van der Waals surface area contributed by atoms with Crippen LogP contribution in [0.5, 0.6) is 0 Å². The fourth-order valence-corrected chi connectivity index (χ4v) is 3.14. The summed E-state index contributed by atoms with van der Waals surface area (Å²) in [5.74, 6) is 1.60. The van der Waals surface area contributed by atoms with E-state index in [2.05, 4.69) is 22.2 Å². The molecule has 92 valence electrons. The van der Waals surface area contributed by atoms with Crippen LogP contribution in [0.1, 0.15) is 25.5 Å². The molecule has 17 heavy (non-hydrogen) atoms. The van der Waals surface area contributed by atoms with Crippen LogP contribution in [0.15, 0.2) is 0 Å². The predicted octanol–water partition coefficient (Wildman–Crippen LogP) is 1.29. The monoisotopic (exact) mass is 234 g/mol. The molecule has 2 aliphatic rings. The Kier molecular flexibility index (Phi) is 2.18. The van der Waals surface area contributed by atoms with E-state index in [0.717, 1.165) is 36.6 Å². The van der Waals surface area contributed by atoms with Crippen molar-refractivity contribution in [1.29, 1.82) is 0 Å². The molecule has 5 nitrogen and oxygen atoms in total. The van der Waals surface area contributed by atoms with Crippen molar-refractivity contribution in [2.45, 2.75) is 32.7 Å². The number of hydrogen-bond acceptors (Lipinski definition) is 3. The molecule has 2 aliphatic heterocycles. The van der Waals surface area contributed by atoms with Gasteiger partial charge in [0.15, 0.2) is 5.82 Å². The van der Waals surface area contributed by atoms with Gasteiger partial charge in [0.1, 0.15) is 11.7 Å². The Balaban J connectivity index is 2.12. The molecule has 0 saturated carbocycles. The number of hydrogen-bond donors (Lipinski definition) is 1. The number of anilines is 2. The summed E-state index contributed by atoms with van der Waals surface area (Å²) < 4.78 is 1.88. The molecule has 1 aromatic heterocycles. The van der Waals surface area contributed by atoms with Crippen molar-refractivity contribution in [3.05, 3.63) is 5.69 Å². The molecular formula is C12H18N4O. The summed E-state index contributed by atoms with van der Waals surface area (Å²) in [7, 11) is 1.94. The Morgan fingerprint density at radius 3 is 3.00 bits per heavy atom. The molecular weight excluding hydrogens is 216 g/mol. The van der Waals surface area contributed by atoms with E-state index in [1.807, 2.05) is 18.7 Å². The second-order valence-corrected chi connectivity index (χ2v) is 5.15. The molecule has 1 saturated heterocycles. The van der Waals surface area contributed by atoms with Crippen molar-refractivity contribution in [3.63, 3.8) is 0 Å². The summed E-state index contributed by atoms with van der Waals surface area (Å²) in [5, 5.41) is 7.42. The molecule has 0 radical (unpaired) electrons. The average Bonchev–Trinajstić information content (AvgIpc) is 2.54. The zero-order chi connectivity index (χ0) is 12.2. The molecule has 1 amide bonds. The number of rotatable bonds is 0. The Morgan fingerprint density at radius 1 is 1.47 bits per heavy atom. The first kappa shape index (κ1) is 10.6. The van der Waals surface area contributed by atoms with Crippen LogP contribution >= 0.6 is 0 Å². The summed E-state index contributed by atoms with van der Waals surface area (Å²) in [6.07, 6.45) is 2.27. The van der Waals surface area contributed by atoms with E-state index >= 15 is 0 Å². The quantitative estimate of drug-likeness (QED) is 0.736. The molecule has 2 atom stereocenters. The van der Waals surface area contributed by atoms with Crippen LogP contribution in [0.25, 0.3) is 0 Å². The van der Waals surface area contributed by atoms with Crippen molar-refractivity contribution in [2.24, 2.45) is 13.0 Å². The summed E-state index contributed by atoms with van der Waals surface area (Å²) in [6, 6.07) is -0.0222. The van der Waals surface area contributed by atoms with E-state index in [1.54, 1.807) is 0 Å². The van der Waals surface area contributed by atoms with Crippen LogP contribution in [0.3, 0.4) is 0 Å². The number of aromatic nitrogens is 2. The van der Waals surface area contributed by atoms with Crippen LogP contribution in [0.2, 0.25) is 0 Å². The number of nitrogens with zero attached hydrogens (tertiary/aromatic N) is 3. The first-order valence-electron chi connectivity index (χ1n) is 6.20. The Labute approximate surface area is 101 Å². The van der Waals surface area contributed by atoms with Crippen LogP contribution < -0.4 is 10.2 Å². The van der Waals surface area contributed by atoms with Crippen molar-refractivity contribution in [2.75, 3.05) is 16.8 Å². The summed E-state index contributed by atoms with van der Waals surface area (Å²) in [6.45, 7) is 5.05. The SMILES string of the molecule is Cc1nn(C)c2c1NC(=O)C1C(C)CCCN21. The highest BCUT2D eigenvalue weighted by atomic mass is 16.2. The van der Waals surface area contributed by atoms with Gasteiger partial charge in [-0.3, -0.25) is 9.48 Å². The molecule has 3 heterocycles. The van der Waals surface area contributed by atoms with Gasteiger partial charge in [-0.05, 0) is 25.7 Å². The number of amides is 1. The van der Waals surface area contributed by atoms with Crippen molar-refractivity contribution in [3.8, 4) is 0 Å². The molecule has 1 fully saturated rings. The van der Waals surface area contributed by atoms with Gasteiger partial charge in [-0.25, -0.2) is 0 Å². The van der Waals surface area contributed by atoms with E-state index < -0.39 is 0 Å². The minimum Gasteiger partial charge on any atom is -0.343 e. The van der Waals surface area contributed by atoms with Crippen LogP contribution in [0.4, 0.5) is 11.5 Å². The molecule has 0 aliphatic carbocycles. The maximum absolute atomic E-state index is 12.2. The highest BCUT2D eigenvalue weighted by Crippen LogP contribution is 2.39. The highest BCUT2D eigenvalue weighted by Gasteiger charge is 2.41. The predicted molar refractivity (Wildman–Crippen MR) is 66.1 cm³/mol. The lowest BCUT2D eigenvalue weighted by Crippen LogP contribution is -2.54.